The van der Waals surface area contributed by atoms with Crippen LogP contribution in [0.3, 0.4) is 0 Å². The lowest BCUT2D eigenvalue weighted by molar-refractivity contribution is -0.718. The molecule has 10 heteroatoms. The molecule has 0 unspecified atom stereocenters. The second kappa shape index (κ2) is 6.53. The van der Waals surface area contributed by atoms with Gasteiger partial charge in [-0.3, -0.25) is 10.1 Å². The van der Waals surface area contributed by atoms with Crippen LogP contribution in [0.15, 0.2) is 0 Å². The summed E-state index contributed by atoms with van der Waals surface area (Å²) in [5, 5.41) is 30.6. The molecule has 0 radical (unpaired) electrons. The van der Waals surface area contributed by atoms with Crippen molar-refractivity contribution < 1.29 is 51.0 Å². The highest BCUT2D eigenvalue weighted by Gasteiger charge is 2.46. The van der Waals surface area contributed by atoms with E-state index < -0.39 is 43.0 Å². The number of nitrogens with one attached hydrogen (secondary N) is 1. The summed E-state index contributed by atoms with van der Waals surface area (Å²) in [4.78, 5) is 10.6. The molecule has 1 aliphatic rings. The highest BCUT2D eigenvalue weighted by Crippen LogP contribution is 2.16. The molecular weight excluding hydrogens is 281 g/mol. The Morgan fingerprint density at radius 3 is 2.33 bits per heavy atom. The zero-order chi connectivity index (χ0) is 13.2. The number of aliphatic hydroxyl groups excluding tert-OH is 3. The summed E-state index contributed by atoms with van der Waals surface area (Å²) in [5.74, 6) is -2.81. The average Bonchev–Trinajstić information content (AvgIpc) is 2.23. The highest BCUT2D eigenvalue weighted by atomic mass is 35.5. The van der Waals surface area contributed by atoms with Gasteiger partial charge in [-0.1, -0.05) is 0 Å². The maximum atomic E-state index is 12.0. The molecule has 6 N–H and O–H groups in total. The van der Waals surface area contributed by atoms with Gasteiger partial charge in [0, 0.05) is 0 Å². The molecule has 1 saturated heterocycles. The largest absolute Gasteiger partial charge is 1.00 e. The van der Waals surface area contributed by atoms with Crippen LogP contribution in [0.2, 0.25) is 0 Å². The standard InChI is InChI=1S/C8H13F3N2O4.ClH/c9-8(10,11)7(17)13-6-5(16)4(15)3(2-14)1-12-6;/h3-6,12,14-16H,1-2H2,(H,13,17);1H/t3-,4+,5+,6-;/m1./s1. The fourth-order valence-corrected chi connectivity index (χ4v) is 1.65. The van der Waals surface area contributed by atoms with Crippen LogP contribution < -0.4 is 23.0 Å². The first-order valence-electron chi connectivity index (χ1n) is 4.95. The first-order valence-corrected chi connectivity index (χ1v) is 4.95. The molecule has 6 nitrogen and oxygen atoms in total. The van der Waals surface area contributed by atoms with E-state index in [1.807, 2.05) is 0 Å². The number of carbonyl (C=O) groups is 1. The van der Waals surface area contributed by atoms with Crippen molar-refractivity contribution in [2.75, 3.05) is 13.2 Å². The molecule has 4 atom stereocenters. The van der Waals surface area contributed by atoms with Crippen LogP contribution in [0.1, 0.15) is 0 Å². The van der Waals surface area contributed by atoms with Gasteiger partial charge in [-0.05, 0) is 0 Å². The molecule has 0 spiro atoms. The molecule has 1 amide bonds. The normalized spacial score (nSPS) is 32.6. The summed E-state index contributed by atoms with van der Waals surface area (Å²) in [6, 6.07) is 0. The number of amides is 1. The average molecular weight is 295 g/mol. The summed E-state index contributed by atoms with van der Waals surface area (Å²) in [6.07, 6.45) is -9.25. The molecule has 1 fully saturated rings. The highest BCUT2D eigenvalue weighted by molar-refractivity contribution is 5.81. The Morgan fingerprint density at radius 1 is 1.33 bits per heavy atom. The SMILES string of the molecule is O=C(N[C@H]1[NH2+]C[C@H](CO)[C@H](O)[C@@H]1O)C(F)(F)F.[Cl-]. The predicted molar refractivity (Wildman–Crippen MR) is 47.4 cm³/mol. The number of carbonyl (C=O) groups excluding carboxylic acids is 1. The van der Waals surface area contributed by atoms with Crippen molar-refractivity contribution in [3.8, 4) is 0 Å². The quantitative estimate of drug-likeness (QED) is 0.349. The van der Waals surface area contributed by atoms with Gasteiger partial charge >= 0.3 is 12.1 Å². The number of nitrogens with two attached hydrogens (primary N) is 1. The summed E-state index contributed by atoms with van der Waals surface area (Å²) in [7, 11) is 0. The van der Waals surface area contributed by atoms with Gasteiger partial charge in [0.25, 0.3) is 0 Å². The van der Waals surface area contributed by atoms with Crippen LogP contribution in [-0.4, -0.2) is 58.9 Å². The molecule has 1 heterocycles. The smallest absolute Gasteiger partial charge is 0.471 e. The van der Waals surface area contributed by atoms with E-state index in [1.165, 1.54) is 5.32 Å². The zero-order valence-electron chi connectivity index (χ0n) is 9.06. The van der Waals surface area contributed by atoms with E-state index in [1.54, 1.807) is 5.32 Å². The van der Waals surface area contributed by atoms with E-state index in [0.717, 1.165) is 0 Å². The molecular formula is C8H14ClF3N2O4. The van der Waals surface area contributed by atoms with Crippen LogP contribution >= 0.6 is 0 Å². The molecule has 0 aromatic heterocycles. The summed E-state index contributed by atoms with van der Waals surface area (Å²) < 4.78 is 35.9. The maximum absolute atomic E-state index is 12.0. The van der Waals surface area contributed by atoms with Crippen LogP contribution in [0.5, 0.6) is 0 Å². The summed E-state index contributed by atoms with van der Waals surface area (Å²) in [6.45, 7) is -0.286. The van der Waals surface area contributed by atoms with Crippen molar-refractivity contribution in [3.63, 3.8) is 0 Å². The molecule has 18 heavy (non-hydrogen) atoms. The van der Waals surface area contributed by atoms with Crippen LogP contribution in [-0.2, 0) is 4.79 Å². The lowest BCUT2D eigenvalue weighted by atomic mass is 9.92. The number of hydrogen-bond donors (Lipinski definition) is 5. The third-order valence-corrected chi connectivity index (χ3v) is 2.68. The number of rotatable bonds is 2. The topological polar surface area (TPSA) is 106 Å². The van der Waals surface area contributed by atoms with Crippen molar-refractivity contribution in [2.45, 2.75) is 24.6 Å². The minimum Gasteiger partial charge on any atom is -1.00 e. The molecule has 1 rings (SSSR count). The van der Waals surface area contributed by atoms with Crippen molar-refractivity contribution in [3.05, 3.63) is 0 Å². The summed E-state index contributed by atoms with van der Waals surface area (Å²) in [5.41, 5.74) is 0. The Hall–Kier alpha value is -0.610. The molecule has 0 aliphatic carbocycles. The Bertz CT molecular complexity index is 292. The van der Waals surface area contributed by atoms with Crippen LogP contribution in [0.25, 0.3) is 0 Å². The number of halogens is 4. The zero-order valence-corrected chi connectivity index (χ0v) is 9.82. The first kappa shape index (κ1) is 17.4. The van der Waals surface area contributed by atoms with Crippen molar-refractivity contribution in [1.29, 1.82) is 0 Å². The second-order valence-corrected chi connectivity index (χ2v) is 3.89. The lowest BCUT2D eigenvalue weighted by Gasteiger charge is -2.34. The fraction of sp³-hybridized carbons (Fsp3) is 0.875. The van der Waals surface area contributed by atoms with E-state index in [2.05, 4.69) is 0 Å². The molecule has 0 aromatic carbocycles. The van der Waals surface area contributed by atoms with Crippen molar-refractivity contribution in [1.82, 2.24) is 5.32 Å². The first-order chi connectivity index (χ1) is 7.77. The van der Waals surface area contributed by atoms with Gasteiger partial charge in [0.05, 0.1) is 25.2 Å². The third-order valence-electron chi connectivity index (χ3n) is 2.68. The van der Waals surface area contributed by atoms with E-state index in [9.17, 15) is 28.2 Å². The maximum Gasteiger partial charge on any atom is 0.471 e. The van der Waals surface area contributed by atoms with E-state index in [4.69, 9.17) is 5.11 Å². The summed E-state index contributed by atoms with van der Waals surface area (Å²) >= 11 is 0. The van der Waals surface area contributed by atoms with E-state index in [0.29, 0.717) is 0 Å². The second-order valence-electron chi connectivity index (χ2n) is 3.89. The van der Waals surface area contributed by atoms with Gasteiger partial charge in [0.1, 0.15) is 0 Å². The van der Waals surface area contributed by atoms with E-state index >= 15 is 0 Å². The Balaban J connectivity index is 0.00000289. The van der Waals surface area contributed by atoms with Gasteiger partial charge in [0.15, 0.2) is 12.3 Å². The molecule has 0 bridgehead atoms. The van der Waals surface area contributed by atoms with Gasteiger partial charge in [-0.15, -0.1) is 0 Å². The number of hydrogen-bond acceptors (Lipinski definition) is 4. The number of aliphatic hydroxyl groups is 3. The Labute approximate surface area is 107 Å². The van der Waals surface area contributed by atoms with Crippen molar-refractivity contribution >= 4 is 5.91 Å². The van der Waals surface area contributed by atoms with E-state index in [-0.39, 0.29) is 19.0 Å². The Kier molecular flexibility index (Phi) is 6.30. The van der Waals surface area contributed by atoms with Crippen molar-refractivity contribution in [2.24, 2.45) is 5.92 Å². The molecule has 1 aliphatic heterocycles. The van der Waals surface area contributed by atoms with Gasteiger partial charge in [0.2, 0.25) is 0 Å². The van der Waals surface area contributed by atoms with Gasteiger partial charge in [-0.25, -0.2) is 0 Å². The van der Waals surface area contributed by atoms with Crippen LogP contribution in [0.4, 0.5) is 13.2 Å². The number of quaternary nitrogens is 1. The lowest BCUT2D eigenvalue weighted by Crippen LogP contribution is -3.01. The monoisotopic (exact) mass is 294 g/mol. The predicted octanol–water partition coefficient (Wildman–Crippen LogP) is -6.10. The van der Waals surface area contributed by atoms with Crippen LogP contribution in [0, 0.1) is 5.92 Å². The Morgan fingerprint density at radius 2 is 1.89 bits per heavy atom. The minimum atomic E-state index is -5.04. The van der Waals surface area contributed by atoms with Gasteiger partial charge in [-0.2, -0.15) is 13.2 Å². The number of alkyl halides is 3. The third kappa shape index (κ3) is 3.95. The number of piperidine rings is 1. The minimum absolute atomic E-state index is 0. The molecule has 108 valence electrons. The molecule has 0 saturated carbocycles. The fourth-order valence-electron chi connectivity index (χ4n) is 1.65. The molecule has 0 aromatic rings. The van der Waals surface area contributed by atoms with Gasteiger partial charge < -0.3 is 33.0 Å².